The van der Waals surface area contributed by atoms with Crippen molar-refractivity contribution in [1.82, 2.24) is 9.78 Å². The number of aromatic nitrogens is 2. The topological polar surface area (TPSA) is 47.3 Å². The van der Waals surface area contributed by atoms with Crippen molar-refractivity contribution in [1.29, 1.82) is 0 Å². The minimum absolute atomic E-state index is 0.00476. The second-order valence-corrected chi connectivity index (χ2v) is 12.2. The number of aliphatic hydroxyl groups is 1. The molecule has 6 heteroatoms. The van der Waals surface area contributed by atoms with Crippen LogP contribution in [-0.2, 0) is 17.6 Å². The summed E-state index contributed by atoms with van der Waals surface area (Å²) in [5.41, 5.74) is 1.86. The molecule has 0 atom stereocenters. The van der Waals surface area contributed by atoms with E-state index in [-0.39, 0.29) is 11.6 Å². The monoisotopic (exact) mass is 396 g/mol. The molecule has 0 aliphatic carbocycles. The Bertz CT molecular complexity index is 439. The van der Waals surface area contributed by atoms with E-state index < -0.39 is 8.32 Å². The first kappa shape index (κ1) is 17.1. The van der Waals surface area contributed by atoms with Crippen LogP contribution in [-0.4, -0.2) is 29.8 Å². The van der Waals surface area contributed by atoms with Crippen LogP contribution in [0.25, 0.3) is 0 Å². The van der Waals surface area contributed by atoms with Gasteiger partial charge in [0.2, 0.25) is 0 Å². The number of halogens is 1. The van der Waals surface area contributed by atoms with Gasteiger partial charge in [0.1, 0.15) is 5.69 Å². The lowest BCUT2D eigenvalue weighted by Gasteiger charge is -2.36. The Hall–Kier alpha value is 0.0769. The third-order valence-electron chi connectivity index (χ3n) is 3.92. The summed E-state index contributed by atoms with van der Waals surface area (Å²) in [6.45, 7) is 14.7. The van der Waals surface area contributed by atoms with Crippen molar-refractivity contribution in [3.8, 4) is 0 Å². The highest BCUT2D eigenvalue weighted by Gasteiger charge is 2.36. The number of nitrogens with zero attached hydrogens (tertiary/aromatic N) is 2. The Morgan fingerprint density at radius 3 is 2.37 bits per heavy atom. The summed E-state index contributed by atoms with van der Waals surface area (Å²) >= 11 is 2.23. The van der Waals surface area contributed by atoms with Crippen LogP contribution in [0.1, 0.15) is 32.2 Å². The molecule has 0 spiro atoms. The molecule has 0 amide bonds. The zero-order chi connectivity index (χ0) is 14.8. The molecule has 0 aromatic carbocycles. The van der Waals surface area contributed by atoms with Crippen LogP contribution < -0.4 is 0 Å². The lowest BCUT2D eigenvalue weighted by Crippen LogP contribution is -2.41. The van der Waals surface area contributed by atoms with Crippen LogP contribution >= 0.6 is 22.6 Å². The molecule has 1 aromatic heterocycles. The van der Waals surface area contributed by atoms with Gasteiger partial charge in [0, 0.05) is 5.69 Å². The van der Waals surface area contributed by atoms with Crippen LogP contribution in [0, 0.1) is 10.5 Å². The Balaban J connectivity index is 2.64. The molecule has 0 saturated carbocycles. The highest BCUT2D eigenvalue weighted by Crippen LogP contribution is 2.36. The van der Waals surface area contributed by atoms with Crippen LogP contribution in [0.15, 0.2) is 0 Å². The molecule has 0 unspecified atom stereocenters. The van der Waals surface area contributed by atoms with E-state index in [0.717, 1.165) is 21.5 Å². The number of aliphatic hydroxyl groups excluding tert-OH is 1. The fourth-order valence-electron chi connectivity index (χ4n) is 1.51. The Morgan fingerprint density at radius 2 is 1.95 bits per heavy atom. The quantitative estimate of drug-likeness (QED) is 0.614. The molecular formula is C13H25IN2O2Si. The van der Waals surface area contributed by atoms with Crippen molar-refractivity contribution < 1.29 is 9.53 Å². The van der Waals surface area contributed by atoms with E-state index in [2.05, 4.69) is 61.6 Å². The summed E-state index contributed by atoms with van der Waals surface area (Å²) in [6, 6.07) is 0. The Labute approximate surface area is 130 Å². The van der Waals surface area contributed by atoms with E-state index >= 15 is 0 Å². The fraction of sp³-hybridized carbons (Fsp3) is 0.769. The van der Waals surface area contributed by atoms with Gasteiger partial charge in [0.05, 0.1) is 23.3 Å². The second-order valence-electron chi connectivity index (χ2n) is 6.34. The number of hydrogen-bond acceptors (Lipinski definition) is 3. The van der Waals surface area contributed by atoms with Crippen molar-refractivity contribution in [3.63, 3.8) is 0 Å². The first-order valence-electron chi connectivity index (χ1n) is 6.57. The molecule has 0 fully saturated rings. The molecular weight excluding hydrogens is 371 g/mol. The molecule has 110 valence electrons. The summed E-state index contributed by atoms with van der Waals surface area (Å²) in [5, 5.41) is 13.8. The molecule has 0 bridgehead atoms. The van der Waals surface area contributed by atoms with Crippen molar-refractivity contribution >= 4 is 30.9 Å². The summed E-state index contributed by atoms with van der Waals surface area (Å²) < 4.78 is 9.13. The Morgan fingerprint density at radius 1 is 1.37 bits per heavy atom. The van der Waals surface area contributed by atoms with Gasteiger partial charge in [0.15, 0.2) is 8.32 Å². The molecule has 0 aliphatic rings. The van der Waals surface area contributed by atoms with Crippen molar-refractivity contribution in [2.45, 2.75) is 59.0 Å². The average Bonchev–Trinajstić information content (AvgIpc) is 2.55. The van der Waals surface area contributed by atoms with Crippen LogP contribution in [0.2, 0.25) is 18.1 Å². The van der Waals surface area contributed by atoms with Gasteiger partial charge in [-0.05, 0) is 47.6 Å². The molecule has 1 N–H and O–H groups in total. The molecule has 0 saturated heterocycles. The third-order valence-corrected chi connectivity index (χ3v) is 9.86. The van der Waals surface area contributed by atoms with Crippen LogP contribution in [0.3, 0.4) is 0 Å². The maximum Gasteiger partial charge on any atom is 0.192 e. The highest BCUT2D eigenvalue weighted by molar-refractivity contribution is 14.1. The summed E-state index contributed by atoms with van der Waals surface area (Å²) in [6.07, 6.45) is 0. The van der Waals surface area contributed by atoms with Gasteiger partial charge in [-0.1, -0.05) is 20.8 Å². The van der Waals surface area contributed by atoms with Crippen LogP contribution in [0.5, 0.6) is 0 Å². The largest absolute Gasteiger partial charge is 0.415 e. The maximum atomic E-state index is 9.21. The lowest BCUT2D eigenvalue weighted by atomic mass is 10.2. The van der Waals surface area contributed by atoms with E-state index in [0.29, 0.717) is 6.61 Å². The minimum atomic E-state index is -1.68. The van der Waals surface area contributed by atoms with Crippen molar-refractivity contribution in [3.05, 3.63) is 15.0 Å². The molecule has 0 aliphatic heterocycles. The molecule has 19 heavy (non-hydrogen) atoms. The lowest BCUT2D eigenvalue weighted by molar-refractivity contribution is 0.258. The highest BCUT2D eigenvalue weighted by atomic mass is 127. The van der Waals surface area contributed by atoms with Gasteiger partial charge in [-0.25, -0.2) is 0 Å². The van der Waals surface area contributed by atoms with Gasteiger partial charge < -0.3 is 9.53 Å². The predicted octanol–water partition coefficient (Wildman–Crippen LogP) is 3.31. The first-order valence-corrected chi connectivity index (χ1v) is 10.6. The summed E-state index contributed by atoms with van der Waals surface area (Å²) in [7, 11) is -1.68. The molecule has 0 radical (unpaired) electrons. The van der Waals surface area contributed by atoms with E-state index in [9.17, 15) is 5.11 Å². The number of hydrogen-bond donors (Lipinski definition) is 1. The molecule has 4 nitrogen and oxygen atoms in total. The zero-order valence-electron chi connectivity index (χ0n) is 12.7. The van der Waals surface area contributed by atoms with E-state index in [4.69, 9.17) is 4.43 Å². The first-order chi connectivity index (χ1) is 8.60. The van der Waals surface area contributed by atoms with Crippen molar-refractivity contribution in [2.75, 3.05) is 6.61 Å². The normalized spacial score (nSPS) is 13.1. The molecule has 1 aromatic rings. The second kappa shape index (κ2) is 6.24. The van der Waals surface area contributed by atoms with Gasteiger partial charge in [0.25, 0.3) is 0 Å². The van der Waals surface area contributed by atoms with E-state index in [1.807, 2.05) is 11.6 Å². The summed E-state index contributed by atoms with van der Waals surface area (Å²) in [4.78, 5) is 0. The van der Waals surface area contributed by atoms with Gasteiger partial charge in [-0.2, -0.15) is 5.10 Å². The SMILES string of the molecule is Cc1c(I)c(CO)nn1CCO[Si](C)(C)C(C)(C)C. The average molecular weight is 396 g/mol. The van der Waals surface area contributed by atoms with Gasteiger partial charge >= 0.3 is 0 Å². The van der Waals surface area contributed by atoms with E-state index in [1.54, 1.807) is 0 Å². The maximum absolute atomic E-state index is 9.21. The zero-order valence-corrected chi connectivity index (χ0v) is 15.9. The van der Waals surface area contributed by atoms with Crippen LogP contribution in [0.4, 0.5) is 0 Å². The van der Waals surface area contributed by atoms with E-state index in [1.165, 1.54) is 0 Å². The third kappa shape index (κ3) is 4.02. The minimum Gasteiger partial charge on any atom is -0.415 e. The van der Waals surface area contributed by atoms with Gasteiger partial charge in [-0.3, -0.25) is 4.68 Å². The van der Waals surface area contributed by atoms with Gasteiger partial charge in [-0.15, -0.1) is 0 Å². The van der Waals surface area contributed by atoms with Crippen molar-refractivity contribution in [2.24, 2.45) is 0 Å². The molecule has 1 rings (SSSR count). The predicted molar refractivity (Wildman–Crippen MR) is 88.8 cm³/mol. The number of rotatable bonds is 5. The fourth-order valence-corrected chi connectivity index (χ4v) is 3.10. The standard InChI is InChI=1S/C13H25IN2O2Si/c1-10-12(14)11(9-17)15-16(10)7-8-18-19(5,6)13(2,3)4/h17H,7-9H2,1-6H3. The molecule has 1 heterocycles. The summed E-state index contributed by atoms with van der Waals surface area (Å²) in [5.74, 6) is 0. The smallest absolute Gasteiger partial charge is 0.192 e. The Kier molecular flexibility index (Phi) is 5.62.